The number of rotatable bonds is 6. The van der Waals surface area contributed by atoms with Gasteiger partial charge in [-0.3, -0.25) is 10.1 Å². The molecule has 0 aliphatic carbocycles. The van der Waals surface area contributed by atoms with Gasteiger partial charge in [0.15, 0.2) is 0 Å². The van der Waals surface area contributed by atoms with Crippen molar-refractivity contribution in [1.82, 2.24) is 0 Å². The zero-order valence-electron chi connectivity index (χ0n) is 10.8. The highest BCUT2D eigenvalue weighted by atomic mass is 16.6. The summed E-state index contributed by atoms with van der Waals surface area (Å²) in [5.41, 5.74) is 1.07. The monoisotopic (exact) mass is 254 g/mol. The van der Waals surface area contributed by atoms with Gasteiger partial charge in [0.2, 0.25) is 0 Å². The van der Waals surface area contributed by atoms with Gasteiger partial charge in [0.05, 0.1) is 23.2 Å². The van der Waals surface area contributed by atoms with E-state index in [1.165, 1.54) is 6.07 Å². The van der Waals surface area contributed by atoms with Gasteiger partial charge in [-0.2, -0.15) is 0 Å². The van der Waals surface area contributed by atoms with Crippen LogP contribution in [0.2, 0.25) is 0 Å². The number of nitro groups is 1. The van der Waals surface area contributed by atoms with Crippen LogP contribution in [-0.2, 0) is 11.3 Å². The summed E-state index contributed by atoms with van der Waals surface area (Å²) in [6.45, 7) is 2.26. The highest BCUT2D eigenvalue weighted by molar-refractivity contribution is 5.55. The molecule has 0 radical (unpaired) electrons. The van der Waals surface area contributed by atoms with E-state index in [0.717, 1.165) is 5.69 Å². The van der Waals surface area contributed by atoms with Gasteiger partial charge in [0.25, 0.3) is 5.69 Å². The van der Waals surface area contributed by atoms with Gasteiger partial charge in [-0.25, -0.2) is 0 Å². The molecule has 6 heteroatoms. The lowest BCUT2D eigenvalue weighted by atomic mass is 10.1. The third-order valence-corrected chi connectivity index (χ3v) is 2.80. The van der Waals surface area contributed by atoms with Crippen LogP contribution in [0.1, 0.15) is 12.5 Å². The lowest BCUT2D eigenvalue weighted by Gasteiger charge is -2.23. The number of benzene rings is 1. The van der Waals surface area contributed by atoms with Gasteiger partial charge in [-0.15, -0.1) is 0 Å². The number of hydrogen-bond donors (Lipinski definition) is 1. The number of ether oxygens (including phenoxy) is 1. The normalized spacial score (nSPS) is 12.2. The molecule has 6 nitrogen and oxygen atoms in total. The van der Waals surface area contributed by atoms with Crippen molar-refractivity contribution in [2.45, 2.75) is 19.6 Å². The second-order valence-electron chi connectivity index (χ2n) is 4.16. The minimum atomic E-state index is -0.493. The Morgan fingerprint density at radius 1 is 1.56 bits per heavy atom. The van der Waals surface area contributed by atoms with Crippen LogP contribution >= 0.6 is 0 Å². The van der Waals surface area contributed by atoms with Crippen molar-refractivity contribution in [3.05, 3.63) is 33.9 Å². The summed E-state index contributed by atoms with van der Waals surface area (Å²) >= 11 is 0. The number of hydrogen-bond acceptors (Lipinski definition) is 5. The van der Waals surface area contributed by atoms with Crippen molar-refractivity contribution in [2.75, 3.05) is 25.6 Å². The number of likely N-dealkylation sites (N-methyl/N-ethyl adjacent to an activating group) is 1. The molecule has 0 spiro atoms. The number of nitrogens with zero attached hydrogens (tertiary/aromatic N) is 2. The molecule has 1 aromatic carbocycles. The molecule has 0 fully saturated rings. The second kappa shape index (κ2) is 6.32. The molecular weight excluding hydrogens is 236 g/mol. The summed E-state index contributed by atoms with van der Waals surface area (Å²) in [4.78, 5) is 12.2. The molecule has 0 aromatic heterocycles. The average Bonchev–Trinajstić information content (AvgIpc) is 2.37. The minimum absolute atomic E-state index is 0.0581. The Balaban J connectivity index is 2.94. The molecule has 0 aliphatic rings. The molecule has 0 saturated carbocycles. The first kappa shape index (κ1) is 14.4. The van der Waals surface area contributed by atoms with E-state index in [0.29, 0.717) is 12.1 Å². The zero-order chi connectivity index (χ0) is 13.7. The molecule has 1 atom stereocenters. The Labute approximate surface area is 106 Å². The predicted octanol–water partition coefficient (Wildman–Crippen LogP) is 1.56. The minimum Gasteiger partial charge on any atom is -0.391 e. The fourth-order valence-electron chi connectivity index (χ4n) is 1.68. The second-order valence-corrected chi connectivity index (χ2v) is 4.16. The summed E-state index contributed by atoms with van der Waals surface area (Å²) < 4.78 is 5.16. The summed E-state index contributed by atoms with van der Waals surface area (Å²) in [5.74, 6) is 0. The number of aliphatic hydroxyl groups is 1. The lowest BCUT2D eigenvalue weighted by Crippen LogP contribution is -2.28. The molecule has 0 heterocycles. The fourth-order valence-corrected chi connectivity index (χ4v) is 1.68. The van der Waals surface area contributed by atoms with Crippen LogP contribution in [0.4, 0.5) is 11.4 Å². The van der Waals surface area contributed by atoms with Gasteiger partial charge in [-0.1, -0.05) is 0 Å². The topological polar surface area (TPSA) is 75.8 Å². The van der Waals surface area contributed by atoms with E-state index in [9.17, 15) is 10.1 Å². The zero-order valence-corrected chi connectivity index (χ0v) is 10.8. The summed E-state index contributed by atoms with van der Waals surface area (Å²) in [7, 11) is 3.51. The third-order valence-electron chi connectivity index (χ3n) is 2.80. The van der Waals surface area contributed by atoms with Crippen molar-refractivity contribution in [3.8, 4) is 0 Å². The van der Waals surface area contributed by atoms with Crippen molar-refractivity contribution >= 4 is 11.4 Å². The molecule has 0 amide bonds. The molecule has 1 unspecified atom stereocenters. The van der Waals surface area contributed by atoms with Gasteiger partial charge in [-0.05, 0) is 19.1 Å². The average molecular weight is 254 g/mol. The Morgan fingerprint density at radius 2 is 2.22 bits per heavy atom. The van der Waals surface area contributed by atoms with E-state index >= 15 is 0 Å². The van der Waals surface area contributed by atoms with E-state index < -0.39 is 4.92 Å². The van der Waals surface area contributed by atoms with Gasteiger partial charge >= 0.3 is 0 Å². The molecule has 0 aliphatic heterocycles. The largest absolute Gasteiger partial charge is 0.391 e. The first-order chi connectivity index (χ1) is 8.49. The van der Waals surface area contributed by atoms with Gasteiger partial charge < -0.3 is 14.7 Å². The maximum atomic E-state index is 10.7. The maximum Gasteiger partial charge on any atom is 0.275 e. The number of methoxy groups -OCH3 is 1. The van der Waals surface area contributed by atoms with Crippen molar-refractivity contribution in [2.24, 2.45) is 0 Å². The van der Waals surface area contributed by atoms with E-state index in [-0.39, 0.29) is 18.4 Å². The Morgan fingerprint density at radius 3 is 2.72 bits per heavy atom. The molecule has 0 saturated heterocycles. The smallest absolute Gasteiger partial charge is 0.275 e. The van der Waals surface area contributed by atoms with Gasteiger partial charge in [0, 0.05) is 32.5 Å². The molecular formula is C12H18N2O4. The van der Waals surface area contributed by atoms with Crippen LogP contribution in [-0.4, -0.2) is 36.8 Å². The Kier molecular flexibility index (Phi) is 5.06. The molecule has 18 heavy (non-hydrogen) atoms. The predicted molar refractivity (Wildman–Crippen MR) is 68.8 cm³/mol. The highest BCUT2D eigenvalue weighted by Gasteiger charge is 2.15. The van der Waals surface area contributed by atoms with Crippen LogP contribution in [0.25, 0.3) is 0 Å². The van der Waals surface area contributed by atoms with Crippen LogP contribution in [0.15, 0.2) is 18.2 Å². The van der Waals surface area contributed by atoms with E-state index in [1.807, 2.05) is 18.9 Å². The summed E-state index contributed by atoms with van der Waals surface area (Å²) in [5, 5.41) is 19.9. The third kappa shape index (κ3) is 3.41. The number of nitro benzene ring substituents is 1. The van der Waals surface area contributed by atoms with Crippen molar-refractivity contribution in [3.63, 3.8) is 0 Å². The molecule has 1 aromatic rings. The van der Waals surface area contributed by atoms with Crippen LogP contribution in [0.5, 0.6) is 0 Å². The Hall–Kier alpha value is -1.66. The van der Waals surface area contributed by atoms with Crippen LogP contribution in [0.3, 0.4) is 0 Å². The van der Waals surface area contributed by atoms with Gasteiger partial charge in [0.1, 0.15) is 0 Å². The maximum absolute atomic E-state index is 10.7. The summed E-state index contributed by atoms with van der Waals surface area (Å²) in [6, 6.07) is 4.70. The fraction of sp³-hybridized carbons (Fsp3) is 0.500. The van der Waals surface area contributed by atoms with E-state index in [1.54, 1.807) is 19.2 Å². The highest BCUT2D eigenvalue weighted by Crippen LogP contribution is 2.24. The summed E-state index contributed by atoms with van der Waals surface area (Å²) in [6.07, 6.45) is 0.0581. The van der Waals surface area contributed by atoms with Crippen molar-refractivity contribution < 1.29 is 14.8 Å². The number of aliphatic hydroxyl groups excluding tert-OH is 1. The first-order valence-electron chi connectivity index (χ1n) is 5.61. The molecule has 100 valence electrons. The van der Waals surface area contributed by atoms with E-state index in [4.69, 9.17) is 9.84 Å². The number of anilines is 1. The Bertz CT molecular complexity index is 423. The first-order valence-corrected chi connectivity index (χ1v) is 5.61. The van der Waals surface area contributed by atoms with E-state index in [2.05, 4.69) is 0 Å². The molecule has 1 N–H and O–H groups in total. The molecule has 0 bridgehead atoms. The lowest BCUT2D eigenvalue weighted by molar-refractivity contribution is -0.385. The SMILES string of the molecule is COC(C)CN(C)c1ccc([N+](=O)[O-])c(CO)c1. The molecule has 1 rings (SSSR count). The van der Waals surface area contributed by atoms with Crippen molar-refractivity contribution in [1.29, 1.82) is 0 Å². The quantitative estimate of drug-likeness (QED) is 0.616. The van der Waals surface area contributed by atoms with Crippen LogP contribution < -0.4 is 4.90 Å². The van der Waals surface area contributed by atoms with Crippen LogP contribution in [0, 0.1) is 10.1 Å². The standard InChI is InChI=1S/C12H18N2O4/c1-9(18-3)7-13(2)11-4-5-12(14(16)17)10(6-11)8-15/h4-6,9,15H,7-8H2,1-3H3.